The number of carbonyl (C=O) groups excluding carboxylic acids is 2. The maximum Gasteiger partial charge on any atom is 0.216 e. The summed E-state index contributed by atoms with van der Waals surface area (Å²) in [6, 6.07) is 16.5. The number of nitrogens with one attached hydrogen (secondary N) is 2. The first-order valence-corrected chi connectivity index (χ1v) is 12.5. The number of amides is 2. The molecule has 0 saturated heterocycles. The van der Waals surface area contributed by atoms with Crippen molar-refractivity contribution in [2.24, 2.45) is 0 Å². The zero-order valence-electron chi connectivity index (χ0n) is 20.7. The Morgan fingerprint density at radius 3 is 1.32 bits per heavy atom. The Morgan fingerprint density at radius 1 is 0.588 bits per heavy atom. The van der Waals surface area contributed by atoms with E-state index >= 15 is 0 Å². The molecular weight excluding hydrogens is 428 g/mol. The van der Waals surface area contributed by atoms with Crippen LogP contribution >= 0.6 is 0 Å². The Balaban J connectivity index is 1.46. The van der Waals surface area contributed by atoms with Crippen LogP contribution in [0.5, 0.6) is 11.5 Å². The van der Waals surface area contributed by atoms with E-state index in [1.807, 2.05) is 24.3 Å². The van der Waals surface area contributed by atoms with Gasteiger partial charge in [0.1, 0.15) is 11.5 Å². The second kappa shape index (κ2) is 16.6. The molecule has 0 fully saturated rings. The van der Waals surface area contributed by atoms with Crippen molar-refractivity contribution in [2.45, 2.75) is 65.2 Å². The molecule has 2 aromatic carbocycles. The molecule has 0 bridgehead atoms. The maximum absolute atomic E-state index is 10.9. The van der Waals surface area contributed by atoms with Gasteiger partial charge >= 0.3 is 0 Å². The number of rotatable bonds is 17. The zero-order valence-corrected chi connectivity index (χ0v) is 20.7. The minimum Gasteiger partial charge on any atom is -0.494 e. The van der Waals surface area contributed by atoms with E-state index in [2.05, 4.69) is 34.9 Å². The van der Waals surface area contributed by atoms with Crippen molar-refractivity contribution in [3.05, 3.63) is 59.7 Å². The number of ether oxygens (including phenoxy) is 2. The fraction of sp³-hybridized carbons (Fsp3) is 0.500. The van der Waals surface area contributed by atoms with Crippen molar-refractivity contribution in [3.63, 3.8) is 0 Å². The number of benzene rings is 2. The van der Waals surface area contributed by atoms with Gasteiger partial charge in [0.05, 0.1) is 13.2 Å². The largest absolute Gasteiger partial charge is 0.494 e. The van der Waals surface area contributed by atoms with E-state index < -0.39 is 0 Å². The lowest BCUT2D eigenvalue weighted by Gasteiger charge is -2.09. The van der Waals surface area contributed by atoms with Crippen LogP contribution in [0.1, 0.15) is 63.5 Å². The summed E-state index contributed by atoms with van der Waals surface area (Å²) in [7, 11) is 0. The monoisotopic (exact) mass is 468 g/mol. The van der Waals surface area contributed by atoms with Gasteiger partial charge in [-0.25, -0.2) is 0 Å². The molecule has 0 unspecified atom stereocenters. The number of hydrogen-bond acceptors (Lipinski definition) is 4. The summed E-state index contributed by atoms with van der Waals surface area (Å²) >= 11 is 0. The zero-order chi connectivity index (χ0) is 24.4. The molecule has 0 aromatic heterocycles. The quantitative estimate of drug-likeness (QED) is 0.326. The van der Waals surface area contributed by atoms with E-state index in [4.69, 9.17) is 9.47 Å². The van der Waals surface area contributed by atoms with Gasteiger partial charge in [-0.3, -0.25) is 9.59 Å². The number of hydrogen-bond donors (Lipinski definition) is 2. The highest BCUT2D eigenvalue weighted by Gasteiger charge is 2.00. The van der Waals surface area contributed by atoms with Gasteiger partial charge in [0.15, 0.2) is 0 Å². The van der Waals surface area contributed by atoms with Crippen LogP contribution in [-0.4, -0.2) is 38.1 Å². The molecule has 2 aromatic rings. The molecule has 6 heteroatoms. The molecule has 2 amide bonds. The second-order valence-electron chi connectivity index (χ2n) is 8.57. The Hall–Kier alpha value is -3.02. The van der Waals surface area contributed by atoms with Crippen molar-refractivity contribution in [3.8, 4) is 11.5 Å². The van der Waals surface area contributed by atoms with Crippen LogP contribution in [0.2, 0.25) is 0 Å². The van der Waals surface area contributed by atoms with E-state index in [9.17, 15) is 9.59 Å². The average Bonchev–Trinajstić information content (AvgIpc) is 2.82. The summed E-state index contributed by atoms with van der Waals surface area (Å²) in [6.45, 7) is 5.97. The topological polar surface area (TPSA) is 76.7 Å². The smallest absolute Gasteiger partial charge is 0.216 e. The fourth-order valence-corrected chi connectivity index (χ4v) is 3.56. The molecule has 0 heterocycles. The lowest BCUT2D eigenvalue weighted by molar-refractivity contribution is -0.119. The summed E-state index contributed by atoms with van der Waals surface area (Å²) in [5.74, 6) is 1.86. The van der Waals surface area contributed by atoms with Gasteiger partial charge in [0.2, 0.25) is 11.8 Å². The normalized spacial score (nSPS) is 10.5. The number of aryl methyl sites for hydroxylation is 2. The molecule has 0 radical (unpaired) electrons. The van der Waals surface area contributed by atoms with Crippen LogP contribution in [-0.2, 0) is 22.4 Å². The lowest BCUT2D eigenvalue weighted by Crippen LogP contribution is -2.21. The molecule has 0 aliphatic carbocycles. The van der Waals surface area contributed by atoms with E-state index in [1.54, 1.807) is 13.8 Å². The molecule has 2 N–H and O–H groups in total. The predicted molar refractivity (Wildman–Crippen MR) is 136 cm³/mol. The fourth-order valence-electron chi connectivity index (χ4n) is 3.56. The molecule has 0 spiro atoms. The average molecular weight is 469 g/mol. The minimum absolute atomic E-state index is 0.0227. The van der Waals surface area contributed by atoms with Gasteiger partial charge in [-0.1, -0.05) is 24.3 Å². The van der Waals surface area contributed by atoms with E-state index in [-0.39, 0.29) is 11.8 Å². The van der Waals surface area contributed by atoms with Gasteiger partial charge < -0.3 is 20.1 Å². The van der Waals surface area contributed by atoms with Crippen LogP contribution < -0.4 is 20.1 Å². The Bertz CT molecular complexity index is 763. The summed E-state index contributed by atoms with van der Waals surface area (Å²) in [5.41, 5.74) is 2.52. The van der Waals surface area contributed by atoms with Gasteiger partial charge in [-0.2, -0.15) is 0 Å². The van der Waals surface area contributed by atoms with Crippen LogP contribution in [0.15, 0.2) is 48.5 Å². The Labute approximate surface area is 204 Å². The SMILES string of the molecule is CC(=O)NCCCc1ccc(OCCCCCCOc2ccc(CCCNC(C)=O)cc2)cc1. The molecule has 186 valence electrons. The molecule has 0 aliphatic rings. The van der Waals surface area contributed by atoms with Crippen molar-refractivity contribution >= 4 is 11.8 Å². The lowest BCUT2D eigenvalue weighted by atomic mass is 10.1. The van der Waals surface area contributed by atoms with E-state index in [1.165, 1.54) is 11.1 Å². The van der Waals surface area contributed by atoms with Crippen molar-refractivity contribution < 1.29 is 19.1 Å². The second-order valence-corrected chi connectivity index (χ2v) is 8.57. The molecule has 0 aliphatic heterocycles. The molecule has 34 heavy (non-hydrogen) atoms. The first-order chi connectivity index (χ1) is 16.5. The number of carbonyl (C=O) groups is 2. The van der Waals surface area contributed by atoms with Crippen LogP contribution in [0.25, 0.3) is 0 Å². The summed E-state index contributed by atoms with van der Waals surface area (Å²) in [4.78, 5) is 21.7. The highest BCUT2D eigenvalue weighted by molar-refractivity contribution is 5.73. The molecule has 0 saturated carbocycles. The van der Waals surface area contributed by atoms with Gasteiger partial charge in [-0.15, -0.1) is 0 Å². The third kappa shape index (κ3) is 12.9. The summed E-state index contributed by atoms with van der Waals surface area (Å²) in [6.07, 6.45) is 8.10. The standard InChI is InChI=1S/C28H40N2O4/c1-23(31)29-19-7-9-25-11-15-27(16-12-25)33-21-5-3-4-6-22-34-28-17-13-26(14-18-28)10-8-20-30-24(2)32/h11-18H,3-10,19-22H2,1-2H3,(H,29,31)(H,30,32). The first-order valence-electron chi connectivity index (χ1n) is 12.5. The third-order valence-corrected chi connectivity index (χ3v) is 5.46. The number of unbranched alkanes of at least 4 members (excludes halogenated alkanes) is 3. The van der Waals surface area contributed by atoms with Gasteiger partial charge in [0, 0.05) is 26.9 Å². The molecule has 2 rings (SSSR count). The molecule has 0 atom stereocenters. The predicted octanol–water partition coefficient (Wildman–Crippen LogP) is 4.84. The summed E-state index contributed by atoms with van der Waals surface area (Å²) < 4.78 is 11.7. The molecule has 6 nitrogen and oxygen atoms in total. The van der Waals surface area contributed by atoms with Gasteiger partial charge in [0.25, 0.3) is 0 Å². The van der Waals surface area contributed by atoms with Crippen molar-refractivity contribution in [1.82, 2.24) is 10.6 Å². The Kier molecular flexibility index (Phi) is 13.3. The maximum atomic E-state index is 10.9. The van der Waals surface area contributed by atoms with Crippen molar-refractivity contribution in [1.29, 1.82) is 0 Å². The van der Waals surface area contributed by atoms with Crippen LogP contribution in [0.4, 0.5) is 0 Å². The van der Waals surface area contributed by atoms with Crippen LogP contribution in [0.3, 0.4) is 0 Å². The minimum atomic E-state index is 0.0227. The third-order valence-electron chi connectivity index (χ3n) is 5.46. The first kappa shape index (κ1) is 27.2. The summed E-state index contributed by atoms with van der Waals surface area (Å²) in [5, 5.41) is 5.64. The van der Waals surface area contributed by atoms with Crippen LogP contribution in [0, 0.1) is 0 Å². The van der Waals surface area contributed by atoms with E-state index in [0.29, 0.717) is 13.1 Å². The highest BCUT2D eigenvalue weighted by Crippen LogP contribution is 2.15. The van der Waals surface area contributed by atoms with Crippen molar-refractivity contribution in [2.75, 3.05) is 26.3 Å². The van der Waals surface area contributed by atoms with E-state index in [0.717, 1.165) is 76.1 Å². The van der Waals surface area contributed by atoms with Gasteiger partial charge in [-0.05, 0) is 86.8 Å². The Morgan fingerprint density at radius 2 is 0.971 bits per heavy atom. The molecular formula is C28H40N2O4. The highest BCUT2D eigenvalue weighted by atomic mass is 16.5.